The van der Waals surface area contributed by atoms with Crippen LogP contribution in [0.3, 0.4) is 0 Å². The van der Waals surface area contributed by atoms with Gasteiger partial charge in [0.05, 0.1) is 0 Å². The van der Waals surface area contributed by atoms with Crippen molar-refractivity contribution < 1.29 is 4.74 Å². The first-order valence-electron chi connectivity index (χ1n) is 6.18. The Bertz CT molecular complexity index is 718. The lowest BCUT2D eigenvalue weighted by molar-refractivity contribution is 0.305. The van der Waals surface area contributed by atoms with Crippen LogP contribution in [0.25, 0.3) is 10.9 Å². The van der Waals surface area contributed by atoms with Gasteiger partial charge in [0.15, 0.2) is 0 Å². The lowest BCUT2D eigenvalue weighted by atomic mass is 10.2. The van der Waals surface area contributed by atoms with Crippen molar-refractivity contribution in [2.24, 2.45) is 0 Å². The zero-order valence-electron chi connectivity index (χ0n) is 10.6. The van der Waals surface area contributed by atoms with Gasteiger partial charge in [0.2, 0.25) is 0 Å². The van der Waals surface area contributed by atoms with Gasteiger partial charge < -0.3 is 9.72 Å². The lowest BCUT2D eigenvalue weighted by Gasteiger charge is -2.08. The molecule has 1 heterocycles. The van der Waals surface area contributed by atoms with E-state index in [9.17, 15) is 0 Å². The molecule has 2 nitrogen and oxygen atoms in total. The van der Waals surface area contributed by atoms with E-state index in [-0.39, 0.29) is 0 Å². The molecular formula is C16H14ClNO. The Balaban J connectivity index is 1.84. The number of nitrogens with one attached hydrogen (secondary N) is 1. The summed E-state index contributed by atoms with van der Waals surface area (Å²) in [6.45, 7) is 2.59. The minimum atomic E-state index is 0.548. The summed E-state index contributed by atoms with van der Waals surface area (Å²) in [4.78, 5) is 3.22. The summed E-state index contributed by atoms with van der Waals surface area (Å²) in [6.07, 6.45) is 1.97. The molecule has 2 aromatic carbocycles. The third kappa shape index (κ3) is 2.45. The summed E-state index contributed by atoms with van der Waals surface area (Å²) in [7, 11) is 0. The topological polar surface area (TPSA) is 25.0 Å². The van der Waals surface area contributed by atoms with Gasteiger partial charge in [-0.05, 0) is 30.7 Å². The molecule has 0 saturated carbocycles. The largest absolute Gasteiger partial charge is 0.489 e. The Hall–Kier alpha value is -1.93. The summed E-state index contributed by atoms with van der Waals surface area (Å²) < 4.78 is 5.87. The van der Waals surface area contributed by atoms with Gasteiger partial charge in [0.1, 0.15) is 12.4 Å². The molecule has 1 aromatic heterocycles. The second kappa shape index (κ2) is 4.98. The van der Waals surface area contributed by atoms with E-state index in [1.54, 1.807) is 0 Å². The van der Waals surface area contributed by atoms with Gasteiger partial charge >= 0.3 is 0 Å². The van der Waals surface area contributed by atoms with Crippen LogP contribution in [0.4, 0.5) is 0 Å². The maximum Gasteiger partial charge on any atom is 0.122 e. The van der Waals surface area contributed by atoms with E-state index in [4.69, 9.17) is 16.3 Å². The number of halogens is 1. The summed E-state index contributed by atoms with van der Waals surface area (Å²) in [5.74, 6) is 0.922. The van der Waals surface area contributed by atoms with Gasteiger partial charge in [-0.25, -0.2) is 0 Å². The van der Waals surface area contributed by atoms with Gasteiger partial charge in [0, 0.05) is 27.7 Å². The smallest absolute Gasteiger partial charge is 0.122 e. The highest BCUT2D eigenvalue weighted by Gasteiger charge is 2.05. The number of benzene rings is 2. The third-order valence-corrected chi connectivity index (χ3v) is 3.44. The van der Waals surface area contributed by atoms with Crippen molar-refractivity contribution in [3.63, 3.8) is 0 Å². The van der Waals surface area contributed by atoms with Gasteiger partial charge in [-0.15, -0.1) is 0 Å². The molecule has 0 amide bonds. The van der Waals surface area contributed by atoms with Crippen molar-refractivity contribution >= 4 is 22.5 Å². The second-order valence-corrected chi connectivity index (χ2v) is 4.99. The molecule has 3 rings (SSSR count). The molecule has 0 atom stereocenters. The monoisotopic (exact) mass is 271 g/mol. The molecule has 0 aliphatic carbocycles. The standard InChI is InChI=1S/C16H14ClNO/c1-11-4-2-3-5-16(11)19-10-12-9-18-15-8-13(17)6-7-14(12)15/h2-9,18H,10H2,1H3. The Morgan fingerprint density at radius 3 is 2.84 bits per heavy atom. The fraction of sp³-hybridized carbons (Fsp3) is 0.125. The second-order valence-electron chi connectivity index (χ2n) is 4.56. The highest BCUT2D eigenvalue weighted by molar-refractivity contribution is 6.31. The first-order chi connectivity index (χ1) is 9.24. The van der Waals surface area contributed by atoms with E-state index in [1.807, 2.05) is 55.6 Å². The van der Waals surface area contributed by atoms with E-state index in [0.29, 0.717) is 6.61 Å². The highest BCUT2D eigenvalue weighted by Crippen LogP contribution is 2.24. The summed E-state index contributed by atoms with van der Waals surface area (Å²) in [5.41, 5.74) is 3.32. The zero-order chi connectivity index (χ0) is 13.2. The zero-order valence-corrected chi connectivity index (χ0v) is 11.4. The first-order valence-corrected chi connectivity index (χ1v) is 6.56. The fourth-order valence-electron chi connectivity index (χ4n) is 2.15. The normalized spacial score (nSPS) is 10.8. The molecule has 0 fully saturated rings. The van der Waals surface area contributed by atoms with E-state index in [1.165, 1.54) is 0 Å². The van der Waals surface area contributed by atoms with Crippen LogP contribution in [-0.2, 0) is 6.61 Å². The average molecular weight is 272 g/mol. The summed E-state index contributed by atoms with van der Waals surface area (Å²) in [6, 6.07) is 13.9. The SMILES string of the molecule is Cc1ccccc1OCc1c[nH]c2cc(Cl)ccc12. The molecule has 19 heavy (non-hydrogen) atoms. The third-order valence-electron chi connectivity index (χ3n) is 3.21. The van der Waals surface area contributed by atoms with Crippen molar-refractivity contribution in [2.75, 3.05) is 0 Å². The van der Waals surface area contributed by atoms with Crippen LogP contribution in [0.5, 0.6) is 5.75 Å². The van der Waals surface area contributed by atoms with Gasteiger partial charge in [-0.1, -0.05) is 35.9 Å². The molecule has 3 aromatic rings. The molecule has 0 bridgehead atoms. The summed E-state index contributed by atoms with van der Waals surface area (Å²) in [5, 5.41) is 1.89. The molecular weight excluding hydrogens is 258 g/mol. The molecule has 3 heteroatoms. The number of H-pyrrole nitrogens is 1. The lowest BCUT2D eigenvalue weighted by Crippen LogP contribution is -1.95. The number of aryl methyl sites for hydroxylation is 1. The van der Waals surface area contributed by atoms with Crippen molar-refractivity contribution in [2.45, 2.75) is 13.5 Å². The summed E-state index contributed by atoms with van der Waals surface area (Å²) >= 11 is 5.97. The number of hydrogen-bond donors (Lipinski definition) is 1. The maximum absolute atomic E-state index is 5.97. The van der Waals surface area contributed by atoms with Crippen LogP contribution < -0.4 is 4.74 Å². The number of hydrogen-bond acceptors (Lipinski definition) is 1. The Kier molecular flexibility index (Phi) is 3.18. The highest BCUT2D eigenvalue weighted by atomic mass is 35.5. The quantitative estimate of drug-likeness (QED) is 0.733. The van der Waals surface area contributed by atoms with Crippen molar-refractivity contribution in [1.82, 2.24) is 4.98 Å². The van der Waals surface area contributed by atoms with Gasteiger partial charge in [0.25, 0.3) is 0 Å². The molecule has 96 valence electrons. The van der Waals surface area contributed by atoms with E-state index in [0.717, 1.165) is 32.8 Å². The average Bonchev–Trinajstić information content (AvgIpc) is 2.80. The minimum Gasteiger partial charge on any atom is -0.489 e. The molecule has 0 spiro atoms. The predicted octanol–water partition coefficient (Wildman–Crippen LogP) is 4.71. The predicted molar refractivity (Wildman–Crippen MR) is 78.8 cm³/mol. The molecule has 0 unspecified atom stereocenters. The first kappa shape index (κ1) is 12.1. The van der Waals surface area contributed by atoms with Crippen LogP contribution >= 0.6 is 11.6 Å². The van der Waals surface area contributed by atoms with E-state index < -0.39 is 0 Å². The molecule has 0 aliphatic heterocycles. The van der Waals surface area contributed by atoms with Crippen LogP contribution in [-0.4, -0.2) is 4.98 Å². The Morgan fingerprint density at radius 2 is 2.00 bits per heavy atom. The number of aromatic amines is 1. The van der Waals surface area contributed by atoms with Crippen LogP contribution in [0.2, 0.25) is 5.02 Å². The maximum atomic E-state index is 5.97. The van der Waals surface area contributed by atoms with Crippen molar-refractivity contribution in [1.29, 1.82) is 0 Å². The van der Waals surface area contributed by atoms with Crippen LogP contribution in [0.15, 0.2) is 48.7 Å². The fourth-order valence-corrected chi connectivity index (χ4v) is 2.32. The van der Waals surface area contributed by atoms with Crippen LogP contribution in [0, 0.1) is 6.92 Å². The Labute approximate surface area is 117 Å². The molecule has 0 aliphatic rings. The van der Waals surface area contributed by atoms with Gasteiger partial charge in [-0.2, -0.15) is 0 Å². The number of para-hydroxylation sites is 1. The number of aromatic nitrogens is 1. The van der Waals surface area contributed by atoms with E-state index in [2.05, 4.69) is 4.98 Å². The minimum absolute atomic E-state index is 0.548. The number of fused-ring (bicyclic) bond motifs is 1. The Morgan fingerprint density at radius 1 is 1.16 bits per heavy atom. The van der Waals surface area contributed by atoms with Gasteiger partial charge in [-0.3, -0.25) is 0 Å². The molecule has 0 saturated heterocycles. The van der Waals surface area contributed by atoms with Crippen LogP contribution in [0.1, 0.15) is 11.1 Å². The van der Waals surface area contributed by atoms with E-state index >= 15 is 0 Å². The number of rotatable bonds is 3. The molecule has 1 N–H and O–H groups in total. The van der Waals surface area contributed by atoms with Crippen molar-refractivity contribution in [3.8, 4) is 5.75 Å². The number of ether oxygens (including phenoxy) is 1. The van der Waals surface area contributed by atoms with Crippen molar-refractivity contribution in [3.05, 3.63) is 64.8 Å². The molecule has 0 radical (unpaired) electrons.